The Bertz CT molecular complexity index is 695. The smallest absolute Gasteiger partial charge is 0.227 e. The summed E-state index contributed by atoms with van der Waals surface area (Å²) in [7, 11) is 1.97. The summed E-state index contributed by atoms with van der Waals surface area (Å²) in [6.45, 7) is 0.593. The molecule has 1 aliphatic rings. The number of carbonyl (C=O) groups excluding carboxylic acids is 1. The van der Waals surface area contributed by atoms with E-state index in [-0.39, 0.29) is 11.8 Å². The van der Waals surface area contributed by atoms with Crippen molar-refractivity contribution in [3.63, 3.8) is 0 Å². The van der Waals surface area contributed by atoms with Crippen molar-refractivity contribution in [1.82, 2.24) is 20.1 Å². The van der Waals surface area contributed by atoms with Crippen LogP contribution in [0.3, 0.4) is 0 Å². The van der Waals surface area contributed by atoms with Crippen molar-refractivity contribution >= 4 is 17.7 Å². The number of thioether (sulfide) groups is 1. The number of hydrogen-bond donors (Lipinski definition) is 1. The number of carbonyl (C=O) groups is 1. The van der Waals surface area contributed by atoms with Gasteiger partial charge in [-0.1, -0.05) is 54.9 Å². The molecule has 1 aromatic heterocycles. The van der Waals surface area contributed by atoms with Crippen LogP contribution in [0.15, 0.2) is 35.5 Å². The van der Waals surface area contributed by atoms with Crippen LogP contribution in [0.5, 0.6) is 0 Å². The van der Waals surface area contributed by atoms with Crippen LogP contribution in [0.25, 0.3) is 0 Å². The molecule has 1 atom stereocenters. The van der Waals surface area contributed by atoms with Gasteiger partial charge >= 0.3 is 0 Å². The maximum atomic E-state index is 12.9. The molecule has 1 saturated carbocycles. The van der Waals surface area contributed by atoms with Crippen LogP contribution in [0, 0.1) is 5.92 Å². The second-order valence-corrected chi connectivity index (χ2v) is 7.41. The van der Waals surface area contributed by atoms with Gasteiger partial charge in [0.25, 0.3) is 0 Å². The second kappa shape index (κ2) is 8.52. The Morgan fingerprint density at radius 3 is 2.64 bits per heavy atom. The predicted octanol–water partition coefficient (Wildman–Crippen LogP) is 3.17. The zero-order chi connectivity index (χ0) is 17.6. The summed E-state index contributed by atoms with van der Waals surface area (Å²) in [4.78, 5) is 12.9. The lowest BCUT2D eigenvalue weighted by Gasteiger charge is -2.23. The Morgan fingerprint density at radius 2 is 2.00 bits per heavy atom. The number of aromatic nitrogens is 3. The molecule has 1 heterocycles. The average Bonchev–Trinajstić information content (AvgIpc) is 3.27. The van der Waals surface area contributed by atoms with E-state index in [4.69, 9.17) is 0 Å². The van der Waals surface area contributed by atoms with Gasteiger partial charge in [0, 0.05) is 20.0 Å². The maximum Gasteiger partial charge on any atom is 0.227 e. The molecule has 0 radical (unpaired) electrons. The Morgan fingerprint density at radius 1 is 1.28 bits per heavy atom. The highest BCUT2D eigenvalue weighted by Gasteiger charge is 2.31. The molecule has 1 unspecified atom stereocenters. The van der Waals surface area contributed by atoms with Gasteiger partial charge in [-0.3, -0.25) is 4.79 Å². The summed E-state index contributed by atoms with van der Waals surface area (Å²) >= 11 is 1.58. The molecule has 1 aliphatic carbocycles. The monoisotopic (exact) mass is 358 g/mol. The van der Waals surface area contributed by atoms with E-state index < -0.39 is 0 Å². The van der Waals surface area contributed by atoms with Crippen molar-refractivity contribution in [3.8, 4) is 0 Å². The minimum Gasteiger partial charge on any atom is -0.355 e. The topological polar surface area (TPSA) is 59.8 Å². The van der Waals surface area contributed by atoms with Crippen LogP contribution >= 0.6 is 11.8 Å². The molecule has 0 spiro atoms. The van der Waals surface area contributed by atoms with Gasteiger partial charge < -0.3 is 9.88 Å². The Balaban J connectivity index is 1.63. The number of nitrogens with one attached hydrogen (secondary N) is 1. The lowest BCUT2D eigenvalue weighted by Crippen LogP contribution is -2.34. The molecule has 3 rings (SSSR count). The molecule has 1 amide bonds. The van der Waals surface area contributed by atoms with Crippen molar-refractivity contribution in [2.24, 2.45) is 13.0 Å². The predicted molar refractivity (Wildman–Crippen MR) is 101 cm³/mol. The minimum absolute atomic E-state index is 0.0371. The minimum atomic E-state index is -0.0371. The molecule has 0 bridgehead atoms. The SMILES string of the molecule is CSc1nnc(CCNC(=O)C(c2ccccc2)C2CCCC2)n1C. The summed E-state index contributed by atoms with van der Waals surface area (Å²) in [6.07, 6.45) is 7.44. The van der Waals surface area contributed by atoms with Crippen molar-refractivity contribution < 1.29 is 4.79 Å². The summed E-state index contributed by atoms with van der Waals surface area (Å²) in [6, 6.07) is 10.2. The average molecular weight is 359 g/mol. The molecular formula is C19H26N4OS. The highest BCUT2D eigenvalue weighted by Crippen LogP contribution is 2.37. The number of benzene rings is 1. The normalized spacial score (nSPS) is 16.1. The zero-order valence-electron chi connectivity index (χ0n) is 14.9. The molecule has 25 heavy (non-hydrogen) atoms. The van der Waals surface area contributed by atoms with E-state index in [0.717, 1.165) is 29.4 Å². The van der Waals surface area contributed by atoms with Gasteiger partial charge in [-0.2, -0.15) is 0 Å². The Kier molecular flexibility index (Phi) is 6.13. The van der Waals surface area contributed by atoms with E-state index in [0.29, 0.717) is 18.9 Å². The fourth-order valence-corrected chi connectivity index (χ4v) is 4.24. The van der Waals surface area contributed by atoms with Gasteiger partial charge in [0.05, 0.1) is 5.92 Å². The molecule has 0 saturated heterocycles. The fourth-order valence-electron chi connectivity index (χ4n) is 3.74. The maximum absolute atomic E-state index is 12.9. The number of rotatable bonds is 7. The van der Waals surface area contributed by atoms with Crippen molar-refractivity contribution in [2.75, 3.05) is 12.8 Å². The highest BCUT2D eigenvalue weighted by atomic mass is 32.2. The molecule has 5 nitrogen and oxygen atoms in total. The van der Waals surface area contributed by atoms with E-state index in [1.807, 2.05) is 36.1 Å². The first-order valence-corrected chi connectivity index (χ1v) is 10.2. The standard InChI is InChI=1S/C19H26N4OS/c1-23-16(21-22-19(23)25-2)12-13-20-18(24)17(15-10-6-7-11-15)14-8-4-3-5-9-14/h3-5,8-9,15,17H,6-7,10-13H2,1-2H3,(H,20,24). The molecule has 0 aliphatic heterocycles. The van der Waals surface area contributed by atoms with Gasteiger partial charge in [-0.05, 0) is 30.6 Å². The summed E-state index contributed by atoms with van der Waals surface area (Å²) in [5.41, 5.74) is 1.13. The molecule has 1 aromatic carbocycles. The fraction of sp³-hybridized carbons (Fsp3) is 0.526. The Hall–Kier alpha value is -1.82. The molecule has 2 aromatic rings. The van der Waals surface area contributed by atoms with Crippen LogP contribution in [0.2, 0.25) is 0 Å². The van der Waals surface area contributed by atoms with Gasteiger partial charge in [-0.25, -0.2) is 0 Å². The first-order chi connectivity index (χ1) is 12.2. The second-order valence-electron chi connectivity index (χ2n) is 6.64. The number of nitrogens with zero attached hydrogens (tertiary/aromatic N) is 3. The van der Waals surface area contributed by atoms with E-state index in [1.165, 1.54) is 12.8 Å². The lowest BCUT2D eigenvalue weighted by molar-refractivity contribution is -0.123. The van der Waals surface area contributed by atoms with Crippen LogP contribution in [0.4, 0.5) is 0 Å². The van der Waals surface area contributed by atoms with Crippen LogP contribution in [0.1, 0.15) is 43.0 Å². The molecule has 134 valence electrons. The third-order valence-electron chi connectivity index (χ3n) is 5.07. The lowest BCUT2D eigenvalue weighted by atomic mass is 9.84. The van der Waals surface area contributed by atoms with E-state index in [9.17, 15) is 4.79 Å². The van der Waals surface area contributed by atoms with Gasteiger partial charge in [0.1, 0.15) is 5.82 Å². The van der Waals surface area contributed by atoms with Crippen molar-refractivity contribution in [1.29, 1.82) is 0 Å². The molecule has 1 N–H and O–H groups in total. The quantitative estimate of drug-likeness (QED) is 0.772. The van der Waals surface area contributed by atoms with Gasteiger partial charge in [-0.15, -0.1) is 10.2 Å². The van der Waals surface area contributed by atoms with Crippen molar-refractivity contribution in [3.05, 3.63) is 41.7 Å². The van der Waals surface area contributed by atoms with Crippen LogP contribution in [-0.4, -0.2) is 33.5 Å². The van der Waals surface area contributed by atoms with Crippen LogP contribution in [-0.2, 0) is 18.3 Å². The Labute approximate surface area is 153 Å². The molecule has 1 fully saturated rings. The molecule has 6 heteroatoms. The summed E-state index contributed by atoms with van der Waals surface area (Å²) in [5.74, 6) is 1.47. The van der Waals surface area contributed by atoms with E-state index in [1.54, 1.807) is 11.8 Å². The number of hydrogen-bond acceptors (Lipinski definition) is 4. The van der Waals surface area contributed by atoms with Crippen LogP contribution < -0.4 is 5.32 Å². The van der Waals surface area contributed by atoms with E-state index in [2.05, 4.69) is 27.6 Å². The third-order valence-corrected chi connectivity index (χ3v) is 5.79. The van der Waals surface area contributed by atoms with Crippen molar-refractivity contribution in [2.45, 2.75) is 43.2 Å². The van der Waals surface area contributed by atoms with Gasteiger partial charge in [0.15, 0.2) is 5.16 Å². The third kappa shape index (κ3) is 4.24. The summed E-state index contributed by atoms with van der Waals surface area (Å²) < 4.78 is 1.99. The number of amides is 1. The molecular weight excluding hydrogens is 332 g/mol. The first kappa shape index (κ1) is 18.0. The van der Waals surface area contributed by atoms with E-state index >= 15 is 0 Å². The first-order valence-electron chi connectivity index (χ1n) is 8.95. The summed E-state index contributed by atoms with van der Waals surface area (Å²) in [5, 5.41) is 12.4. The van der Waals surface area contributed by atoms with Gasteiger partial charge in [0.2, 0.25) is 5.91 Å². The highest BCUT2D eigenvalue weighted by molar-refractivity contribution is 7.98. The largest absolute Gasteiger partial charge is 0.355 e. The zero-order valence-corrected chi connectivity index (χ0v) is 15.8.